The molecule has 0 amide bonds. The van der Waals surface area contributed by atoms with Crippen LogP contribution in [0.15, 0.2) is 24.3 Å². The lowest BCUT2D eigenvalue weighted by Crippen LogP contribution is -2.41. The van der Waals surface area contributed by atoms with Gasteiger partial charge in [0.25, 0.3) is 0 Å². The topological polar surface area (TPSA) is 30.5 Å². The zero-order chi connectivity index (χ0) is 13.7. The first-order valence-electron chi connectivity index (χ1n) is 7.29. The van der Waals surface area contributed by atoms with Gasteiger partial charge in [-0.15, -0.1) is 0 Å². The summed E-state index contributed by atoms with van der Waals surface area (Å²) in [4.78, 5) is 0. The predicted octanol–water partition coefficient (Wildman–Crippen LogP) is 3.84. The van der Waals surface area contributed by atoms with Gasteiger partial charge >= 0.3 is 0 Å². The number of nitrogens with one attached hydrogen (secondary N) is 1. The molecule has 2 rings (SSSR count). The first-order valence-corrected chi connectivity index (χ1v) is 7.29. The molecule has 0 bridgehead atoms. The van der Waals surface area contributed by atoms with Crippen LogP contribution in [0.25, 0.3) is 0 Å². The van der Waals surface area contributed by atoms with Crippen LogP contribution in [0.3, 0.4) is 0 Å². The molecule has 1 N–H and O–H groups in total. The summed E-state index contributed by atoms with van der Waals surface area (Å²) < 4.78 is 11.6. The minimum atomic E-state index is 0.0104. The second-order valence-corrected chi connectivity index (χ2v) is 5.42. The van der Waals surface area contributed by atoms with Crippen molar-refractivity contribution >= 4 is 5.69 Å². The molecule has 2 unspecified atom stereocenters. The van der Waals surface area contributed by atoms with E-state index >= 15 is 0 Å². The highest BCUT2D eigenvalue weighted by Crippen LogP contribution is 2.32. The van der Waals surface area contributed by atoms with Gasteiger partial charge in [0, 0.05) is 12.6 Å². The van der Waals surface area contributed by atoms with Crippen LogP contribution in [0.1, 0.15) is 40.0 Å². The Morgan fingerprint density at radius 2 is 2.16 bits per heavy atom. The van der Waals surface area contributed by atoms with E-state index in [1.54, 1.807) is 0 Å². The van der Waals surface area contributed by atoms with Gasteiger partial charge in [0.15, 0.2) is 0 Å². The van der Waals surface area contributed by atoms with E-state index in [2.05, 4.69) is 25.2 Å². The quantitative estimate of drug-likeness (QED) is 0.875. The third-order valence-corrected chi connectivity index (χ3v) is 3.89. The van der Waals surface area contributed by atoms with Crippen LogP contribution < -0.4 is 10.1 Å². The van der Waals surface area contributed by atoms with Crippen molar-refractivity contribution in [1.82, 2.24) is 0 Å². The van der Waals surface area contributed by atoms with Crippen LogP contribution in [-0.2, 0) is 4.74 Å². The van der Waals surface area contributed by atoms with E-state index in [9.17, 15) is 0 Å². The molecule has 0 spiro atoms. The third kappa shape index (κ3) is 3.63. The molecule has 1 aromatic carbocycles. The summed E-state index contributed by atoms with van der Waals surface area (Å²) in [6.07, 6.45) is 3.15. The van der Waals surface area contributed by atoms with Crippen molar-refractivity contribution in [2.45, 2.75) is 51.7 Å². The van der Waals surface area contributed by atoms with Crippen LogP contribution in [0.2, 0.25) is 0 Å². The van der Waals surface area contributed by atoms with Crippen LogP contribution in [0.4, 0.5) is 5.69 Å². The van der Waals surface area contributed by atoms with Gasteiger partial charge in [-0.2, -0.15) is 0 Å². The molecule has 1 heterocycles. The summed E-state index contributed by atoms with van der Waals surface area (Å²) in [6.45, 7) is 7.93. The molecular formula is C16H25NO2. The SMILES string of the molecule is CCOc1ccccc1NC1CCOC(C)(CC)C1. The number of rotatable bonds is 5. The average Bonchev–Trinajstić information content (AvgIpc) is 2.41. The van der Waals surface area contributed by atoms with Gasteiger partial charge in [0.05, 0.1) is 17.9 Å². The van der Waals surface area contributed by atoms with Crippen molar-refractivity contribution in [2.24, 2.45) is 0 Å². The van der Waals surface area contributed by atoms with Gasteiger partial charge in [-0.1, -0.05) is 19.1 Å². The van der Waals surface area contributed by atoms with Crippen molar-refractivity contribution < 1.29 is 9.47 Å². The van der Waals surface area contributed by atoms with Crippen molar-refractivity contribution in [3.05, 3.63) is 24.3 Å². The molecule has 0 radical (unpaired) electrons. The third-order valence-electron chi connectivity index (χ3n) is 3.89. The fraction of sp³-hybridized carbons (Fsp3) is 0.625. The lowest BCUT2D eigenvalue weighted by molar-refractivity contribution is -0.0709. The summed E-state index contributed by atoms with van der Waals surface area (Å²) in [5.74, 6) is 0.940. The predicted molar refractivity (Wildman–Crippen MR) is 78.9 cm³/mol. The molecule has 0 aliphatic carbocycles. The zero-order valence-electron chi connectivity index (χ0n) is 12.2. The molecule has 1 aliphatic rings. The van der Waals surface area contributed by atoms with Crippen molar-refractivity contribution in [3.63, 3.8) is 0 Å². The monoisotopic (exact) mass is 263 g/mol. The standard InChI is InChI=1S/C16H25NO2/c1-4-16(3)12-13(10-11-19-16)17-14-8-6-7-9-15(14)18-5-2/h6-9,13,17H,4-5,10-12H2,1-3H3. The van der Waals surface area contributed by atoms with E-state index in [1.165, 1.54) is 0 Å². The number of anilines is 1. The number of hydrogen-bond acceptors (Lipinski definition) is 3. The molecule has 0 aromatic heterocycles. The first-order chi connectivity index (χ1) is 9.17. The van der Waals surface area contributed by atoms with E-state index in [0.717, 1.165) is 37.3 Å². The van der Waals surface area contributed by atoms with Crippen LogP contribution in [0.5, 0.6) is 5.75 Å². The Morgan fingerprint density at radius 1 is 1.37 bits per heavy atom. The van der Waals surface area contributed by atoms with Crippen LogP contribution >= 0.6 is 0 Å². The minimum absolute atomic E-state index is 0.0104. The lowest BCUT2D eigenvalue weighted by atomic mass is 9.90. The zero-order valence-corrected chi connectivity index (χ0v) is 12.2. The van der Waals surface area contributed by atoms with Gasteiger partial charge in [0.1, 0.15) is 5.75 Å². The fourth-order valence-electron chi connectivity index (χ4n) is 2.59. The Kier molecular flexibility index (Phi) is 4.70. The second kappa shape index (κ2) is 6.29. The Hall–Kier alpha value is -1.22. The number of ether oxygens (including phenoxy) is 2. The molecular weight excluding hydrogens is 238 g/mol. The molecule has 1 saturated heterocycles. The Morgan fingerprint density at radius 3 is 2.89 bits per heavy atom. The number of benzene rings is 1. The van der Waals surface area contributed by atoms with E-state index in [-0.39, 0.29) is 5.60 Å². The smallest absolute Gasteiger partial charge is 0.142 e. The van der Waals surface area contributed by atoms with Gasteiger partial charge < -0.3 is 14.8 Å². The maximum atomic E-state index is 5.89. The average molecular weight is 263 g/mol. The summed E-state index contributed by atoms with van der Waals surface area (Å²) >= 11 is 0. The number of para-hydroxylation sites is 2. The largest absolute Gasteiger partial charge is 0.492 e. The number of hydrogen-bond donors (Lipinski definition) is 1. The molecule has 3 heteroatoms. The van der Waals surface area contributed by atoms with Gasteiger partial charge in [-0.05, 0) is 45.2 Å². The van der Waals surface area contributed by atoms with Crippen molar-refractivity contribution in [1.29, 1.82) is 0 Å². The van der Waals surface area contributed by atoms with Crippen molar-refractivity contribution in [3.8, 4) is 5.75 Å². The van der Waals surface area contributed by atoms with Gasteiger partial charge in [0.2, 0.25) is 0 Å². The normalized spacial score (nSPS) is 27.0. The van der Waals surface area contributed by atoms with Crippen LogP contribution in [0, 0.1) is 0 Å². The lowest BCUT2D eigenvalue weighted by Gasteiger charge is -2.38. The molecule has 3 nitrogen and oxygen atoms in total. The highest BCUT2D eigenvalue weighted by Gasteiger charge is 2.31. The Bertz CT molecular complexity index is 407. The van der Waals surface area contributed by atoms with E-state index in [0.29, 0.717) is 12.6 Å². The van der Waals surface area contributed by atoms with E-state index in [1.807, 2.05) is 25.1 Å². The molecule has 106 valence electrons. The maximum Gasteiger partial charge on any atom is 0.142 e. The summed E-state index contributed by atoms with van der Waals surface area (Å²) in [5, 5.41) is 3.62. The highest BCUT2D eigenvalue weighted by molar-refractivity contribution is 5.56. The van der Waals surface area contributed by atoms with Gasteiger partial charge in [-0.3, -0.25) is 0 Å². The Balaban J connectivity index is 2.04. The highest BCUT2D eigenvalue weighted by atomic mass is 16.5. The molecule has 1 aliphatic heterocycles. The fourth-order valence-corrected chi connectivity index (χ4v) is 2.59. The molecule has 0 saturated carbocycles. The van der Waals surface area contributed by atoms with Gasteiger partial charge in [-0.25, -0.2) is 0 Å². The van der Waals surface area contributed by atoms with E-state index in [4.69, 9.17) is 9.47 Å². The molecule has 19 heavy (non-hydrogen) atoms. The molecule has 2 atom stereocenters. The summed E-state index contributed by atoms with van der Waals surface area (Å²) in [7, 11) is 0. The molecule has 1 aromatic rings. The Labute approximate surface area is 116 Å². The second-order valence-electron chi connectivity index (χ2n) is 5.42. The molecule has 1 fully saturated rings. The summed E-state index contributed by atoms with van der Waals surface area (Å²) in [5.41, 5.74) is 1.10. The minimum Gasteiger partial charge on any atom is -0.492 e. The maximum absolute atomic E-state index is 5.89. The van der Waals surface area contributed by atoms with Crippen LogP contribution in [-0.4, -0.2) is 24.9 Å². The summed E-state index contributed by atoms with van der Waals surface area (Å²) in [6, 6.07) is 8.62. The van der Waals surface area contributed by atoms with Crippen molar-refractivity contribution in [2.75, 3.05) is 18.5 Å². The van der Waals surface area contributed by atoms with E-state index < -0.39 is 0 Å². The first kappa shape index (κ1) is 14.2.